The van der Waals surface area contributed by atoms with Crippen LogP contribution < -0.4 is 25.6 Å². The number of piperazine rings is 1. The molecule has 4 aromatic carbocycles. The normalized spacial score (nSPS) is 16.5. The molecule has 66 heavy (non-hydrogen) atoms. The molecule has 4 N–H and O–H groups in total. The highest BCUT2D eigenvalue weighted by atomic mass is 16.6. The quantitative estimate of drug-likeness (QED) is 0.106. The number of benzene rings is 4. The molecule has 3 aliphatic heterocycles. The average Bonchev–Trinajstić information content (AvgIpc) is 3.95. The summed E-state index contributed by atoms with van der Waals surface area (Å²) in [6.45, 7) is 11.8. The number of rotatable bonds is 12. The predicted molar refractivity (Wildman–Crippen MR) is 251 cm³/mol. The molecule has 0 saturated carbocycles. The Bertz CT molecular complexity index is 2800. The van der Waals surface area contributed by atoms with Crippen molar-refractivity contribution in [2.45, 2.75) is 58.9 Å². The molecule has 5 aromatic rings. The molecule has 8 rings (SSSR count). The maximum absolute atomic E-state index is 14.1. The molecule has 16 nitrogen and oxygen atoms in total. The standard InChI is InChI=1S/C50H54N8O8/c1-30-28-57(39-26-40(36-9-7-8-10-37(36)45(30)39)66-48(65)56-21-19-55(6)20-22-56)44(62)25-35-24-32-23-34(15-16-38(32)52-35)54-46(63)31-11-13-33(14-12-31)53-41(59)27-51-47(64)49(2,3)29-50(4,5)58-42(60)17-18-43(58)61/h7-18,23-24,26,30,52H,19-22,25,27-29H2,1-6H3,(H,51,64)(H,53,59)(H,54,63). The van der Waals surface area contributed by atoms with E-state index in [2.05, 4.69) is 32.8 Å². The Kier molecular flexibility index (Phi) is 12.3. The minimum atomic E-state index is -1.01. The van der Waals surface area contributed by atoms with Crippen molar-refractivity contribution < 1.29 is 38.3 Å². The maximum atomic E-state index is 14.1. The van der Waals surface area contributed by atoms with Gasteiger partial charge in [-0.25, -0.2) is 4.79 Å². The summed E-state index contributed by atoms with van der Waals surface area (Å²) < 4.78 is 6.04. The Morgan fingerprint density at radius 1 is 0.803 bits per heavy atom. The summed E-state index contributed by atoms with van der Waals surface area (Å²) in [5.74, 6) is -1.75. The smallest absolute Gasteiger partial charge is 0.409 e. The molecular weight excluding hydrogens is 841 g/mol. The van der Waals surface area contributed by atoms with Gasteiger partial charge in [0.2, 0.25) is 17.7 Å². The fourth-order valence-corrected chi connectivity index (χ4v) is 9.40. The predicted octanol–water partition coefficient (Wildman–Crippen LogP) is 6.19. The lowest BCUT2D eigenvalue weighted by Gasteiger charge is -2.39. The number of hydrogen-bond donors (Lipinski definition) is 4. The fraction of sp³-hybridized carbons (Fsp3) is 0.340. The van der Waals surface area contributed by atoms with Crippen LogP contribution in [0.15, 0.2) is 91.0 Å². The van der Waals surface area contributed by atoms with Crippen LogP contribution in [0.4, 0.5) is 21.9 Å². The highest BCUT2D eigenvalue weighted by Gasteiger charge is 2.43. The van der Waals surface area contributed by atoms with Gasteiger partial charge >= 0.3 is 6.09 Å². The van der Waals surface area contributed by atoms with Crippen LogP contribution in [0.2, 0.25) is 0 Å². The summed E-state index contributed by atoms with van der Waals surface area (Å²) in [5, 5.41) is 10.9. The van der Waals surface area contributed by atoms with Crippen molar-refractivity contribution in [1.82, 2.24) is 25.0 Å². The van der Waals surface area contributed by atoms with Crippen LogP contribution in [0.25, 0.3) is 21.7 Å². The molecule has 16 heteroatoms. The van der Waals surface area contributed by atoms with Crippen molar-refractivity contribution in [1.29, 1.82) is 0 Å². The highest BCUT2D eigenvalue weighted by molar-refractivity contribution is 6.13. The number of ether oxygens (including phenoxy) is 1. The first kappa shape index (κ1) is 45.2. The Balaban J connectivity index is 0.861. The number of H-pyrrole nitrogens is 1. The second-order valence-corrected chi connectivity index (χ2v) is 18.7. The summed E-state index contributed by atoms with van der Waals surface area (Å²) in [6, 6.07) is 23.3. The fourth-order valence-electron chi connectivity index (χ4n) is 9.40. The van der Waals surface area contributed by atoms with Crippen LogP contribution in [0.3, 0.4) is 0 Å². The molecule has 0 spiro atoms. The third-order valence-electron chi connectivity index (χ3n) is 12.5. The lowest BCUT2D eigenvalue weighted by molar-refractivity contribution is -0.146. The van der Waals surface area contributed by atoms with Crippen molar-refractivity contribution >= 4 is 80.3 Å². The number of imide groups is 1. The van der Waals surface area contributed by atoms with E-state index in [9.17, 15) is 33.6 Å². The van der Waals surface area contributed by atoms with Crippen LogP contribution in [-0.2, 0) is 30.4 Å². The van der Waals surface area contributed by atoms with Gasteiger partial charge in [-0.2, -0.15) is 0 Å². The van der Waals surface area contributed by atoms with Crippen molar-refractivity contribution in [2.24, 2.45) is 5.41 Å². The molecule has 1 atom stereocenters. The molecule has 342 valence electrons. The Hall–Kier alpha value is -7.33. The Morgan fingerprint density at radius 2 is 1.47 bits per heavy atom. The molecule has 4 heterocycles. The third-order valence-corrected chi connectivity index (χ3v) is 12.5. The number of nitrogens with zero attached hydrogens (tertiary/aromatic N) is 4. The van der Waals surface area contributed by atoms with Gasteiger partial charge in [0.1, 0.15) is 5.75 Å². The number of aromatic amines is 1. The van der Waals surface area contributed by atoms with Gasteiger partial charge in [0.25, 0.3) is 17.7 Å². The summed E-state index contributed by atoms with van der Waals surface area (Å²) in [4.78, 5) is 101. The first-order valence-electron chi connectivity index (χ1n) is 22.1. The van der Waals surface area contributed by atoms with Crippen molar-refractivity contribution in [3.63, 3.8) is 0 Å². The second kappa shape index (κ2) is 17.9. The number of anilines is 3. The number of nitrogens with one attached hydrogen (secondary N) is 4. The van der Waals surface area contributed by atoms with Crippen LogP contribution in [0.5, 0.6) is 5.75 Å². The van der Waals surface area contributed by atoms with Gasteiger partial charge < -0.3 is 40.4 Å². The second-order valence-electron chi connectivity index (χ2n) is 18.7. The largest absolute Gasteiger partial charge is 0.415 e. The Labute approximate surface area is 382 Å². The van der Waals surface area contributed by atoms with Crippen molar-refractivity contribution in [2.75, 3.05) is 61.8 Å². The van der Waals surface area contributed by atoms with Gasteiger partial charge in [0, 0.05) is 107 Å². The summed E-state index contributed by atoms with van der Waals surface area (Å²) in [5.41, 5.74) is 2.65. The monoisotopic (exact) mass is 894 g/mol. The van der Waals surface area contributed by atoms with Gasteiger partial charge in [-0.05, 0) is 86.8 Å². The molecule has 1 aromatic heterocycles. The van der Waals surface area contributed by atoms with E-state index < -0.39 is 40.7 Å². The lowest BCUT2D eigenvalue weighted by Crippen LogP contribution is -2.52. The van der Waals surface area contributed by atoms with Gasteiger partial charge in [0.05, 0.1) is 18.7 Å². The molecule has 1 fully saturated rings. The molecule has 0 bridgehead atoms. The van der Waals surface area contributed by atoms with Crippen LogP contribution in [0, 0.1) is 5.41 Å². The summed E-state index contributed by atoms with van der Waals surface area (Å²) in [7, 11) is 2.03. The van der Waals surface area contributed by atoms with Crippen LogP contribution in [0.1, 0.15) is 68.6 Å². The van der Waals surface area contributed by atoms with E-state index >= 15 is 0 Å². The summed E-state index contributed by atoms with van der Waals surface area (Å²) >= 11 is 0. The minimum Gasteiger partial charge on any atom is -0.409 e. The maximum Gasteiger partial charge on any atom is 0.415 e. The van der Waals surface area contributed by atoms with Gasteiger partial charge in [0.15, 0.2) is 0 Å². The molecule has 0 radical (unpaired) electrons. The van der Waals surface area contributed by atoms with E-state index in [4.69, 9.17) is 4.74 Å². The van der Waals surface area contributed by atoms with Crippen molar-refractivity contribution in [3.8, 4) is 5.75 Å². The van der Waals surface area contributed by atoms with Gasteiger partial charge in [-0.15, -0.1) is 0 Å². The number of likely N-dealkylation sites (N-methyl/N-ethyl adjacent to an activating group) is 1. The summed E-state index contributed by atoms with van der Waals surface area (Å²) in [6.07, 6.45) is 2.28. The van der Waals surface area contributed by atoms with Crippen molar-refractivity contribution in [3.05, 3.63) is 108 Å². The number of carbonyl (C=O) groups is 7. The zero-order valence-electron chi connectivity index (χ0n) is 37.9. The number of aromatic nitrogens is 1. The minimum absolute atomic E-state index is 0.0607. The SMILES string of the molecule is CC1CN(C(=O)Cc2cc3cc(NC(=O)c4ccc(NC(=O)CNC(=O)C(C)(C)CC(C)(C)N5C(=O)C=CC5=O)cc4)ccc3[nH]2)c2cc(OC(=O)N3CCN(C)CC3)c3ccccc3c21. The van der Waals surface area contributed by atoms with E-state index in [1.807, 2.05) is 55.6 Å². The number of carbonyl (C=O) groups excluding carboxylic acids is 7. The molecule has 0 aliphatic carbocycles. The topological polar surface area (TPSA) is 194 Å². The molecular formula is C50H54N8O8. The third kappa shape index (κ3) is 9.40. The van der Waals surface area contributed by atoms with Gasteiger partial charge in [-0.3, -0.25) is 33.7 Å². The van der Waals surface area contributed by atoms with E-state index in [0.29, 0.717) is 48.0 Å². The number of fused-ring (bicyclic) bond motifs is 4. The molecule has 3 aliphatic rings. The lowest BCUT2D eigenvalue weighted by atomic mass is 9.78. The average molecular weight is 895 g/mol. The van der Waals surface area contributed by atoms with Crippen LogP contribution in [-0.4, -0.2) is 113 Å². The van der Waals surface area contributed by atoms with E-state index in [1.54, 1.807) is 67.8 Å². The van der Waals surface area contributed by atoms with E-state index in [1.165, 1.54) is 12.2 Å². The molecule has 1 unspecified atom stereocenters. The number of hydrogen-bond acceptors (Lipinski definition) is 9. The first-order chi connectivity index (χ1) is 31.4. The zero-order valence-corrected chi connectivity index (χ0v) is 37.9. The zero-order chi connectivity index (χ0) is 47.1. The number of amides is 7. The first-order valence-corrected chi connectivity index (χ1v) is 22.1. The van der Waals surface area contributed by atoms with E-state index in [0.717, 1.165) is 50.9 Å². The van der Waals surface area contributed by atoms with Crippen LogP contribution >= 0.6 is 0 Å². The Morgan fingerprint density at radius 3 is 2.17 bits per heavy atom. The van der Waals surface area contributed by atoms with Gasteiger partial charge in [-0.1, -0.05) is 45.0 Å². The van der Waals surface area contributed by atoms with E-state index in [-0.39, 0.29) is 37.1 Å². The molecule has 1 saturated heterocycles. The highest BCUT2D eigenvalue weighted by Crippen LogP contribution is 2.45. The molecule has 7 amide bonds.